The Morgan fingerprint density at radius 2 is 1.53 bits per heavy atom. The highest BCUT2D eigenvalue weighted by Crippen LogP contribution is 2.37. The number of rotatable bonds is 3. The van der Waals surface area contributed by atoms with Gasteiger partial charge in [0.25, 0.3) is 0 Å². The lowest BCUT2D eigenvalue weighted by Crippen LogP contribution is -2.44. The van der Waals surface area contributed by atoms with Crippen LogP contribution < -0.4 is 0 Å². The minimum Gasteiger partial charge on any atom is -0.287 e. The first kappa shape index (κ1) is 13.6. The highest BCUT2D eigenvalue weighted by molar-refractivity contribution is 6.01. The third kappa shape index (κ3) is 2.62. The van der Waals surface area contributed by atoms with Gasteiger partial charge < -0.3 is 0 Å². The van der Waals surface area contributed by atoms with Gasteiger partial charge in [-0.15, -0.1) is 0 Å². The third-order valence-corrected chi connectivity index (χ3v) is 2.27. The van der Waals surface area contributed by atoms with Crippen molar-refractivity contribution in [2.75, 3.05) is 0 Å². The van der Waals surface area contributed by atoms with Gasteiger partial charge in [0.15, 0.2) is 0 Å². The lowest BCUT2D eigenvalue weighted by Gasteiger charge is -2.18. The molecule has 17 heavy (non-hydrogen) atoms. The molecule has 0 saturated carbocycles. The maximum atomic E-state index is 12.7. The van der Waals surface area contributed by atoms with E-state index in [4.69, 9.17) is 0 Å². The molecule has 0 heterocycles. The lowest BCUT2D eigenvalue weighted by molar-refractivity contribution is -0.255. The molecule has 1 aromatic carbocycles. The Morgan fingerprint density at radius 1 is 1.06 bits per heavy atom. The van der Waals surface area contributed by atoms with Gasteiger partial charge in [0.05, 0.1) is 0 Å². The van der Waals surface area contributed by atoms with Crippen LogP contribution in [0.3, 0.4) is 0 Å². The zero-order valence-corrected chi connectivity index (χ0v) is 8.81. The first-order valence-electron chi connectivity index (χ1n) is 4.78. The van der Waals surface area contributed by atoms with E-state index < -0.39 is 23.4 Å². The van der Waals surface area contributed by atoms with Crippen LogP contribution in [-0.2, 0) is 6.42 Å². The monoisotopic (exact) mass is 252 g/mol. The van der Waals surface area contributed by atoms with Gasteiger partial charge in [0.1, 0.15) is 0 Å². The fraction of sp³-hybridized carbons (Fsp3) is 0.364. The molecule has 0 spiro atoms. The Morgan fingerprint density at radius 3 is 1.88 bits per heavy atom. The molecular formula is C11H9F5O. The summed E-state index contributed by atoms with van der Waals surface area (Å²) in [4.78, 5) is 11.0. The summed E-state index contributed by atoms with van der Waals surface area (Å²) in [6.07, 6.45) is -5.27. The zero-order chi connectivity index (χ0) is 13.3. The molecule has 6 heteroatoms. The maximum Gasteiger partial charge on any atom is 0.461 e. The number of hydrogen-bond donors (Lipinski definition) is 0. The number of ketones is 1. The smallest absolute Gasteiger partial charge is 0.287 e. The third-order valence-electron chi connectivity index (χ3n) is 2.27. The van der Waals surface area contributed by atoms with Crippen LogP contribution in [0.5, 0.6) is 0 Å². The van der Waals surface area contributed by atoms with Crippen LogP contribution >= 0.6 is 0 Å². The van der Waals surface area contributed by atoms with E-state index in [2.05, 4.69) is 0 Å². The largest absolute Gasteiger partial charge is 0.461 e. The highest BCUT2D eigenvalue weighted by atomic mass is 19.4. The molecule has 0 unspecified atom stereocenters. The van der Waals surface area contributed by atoms with Gasteiger partial charge in [-0.25, -0.2) is 0 Å². The molecule has 0 aromatic heterocycles. The molecule has 94 valence electrons. The number of halogens is 5. The van der Waals surface area contributed by atoms with Crippen LogP contribution in [0.4, 0.5) is 22.0 Å². The van der Waals surface area contributed by atoms with Crippen molar-refractivity contribution >= 4 is 5.78 Å². The van der Waals surface area contributed by atoms with Gasteiger partial charge in [-0.05, 0) is 12.0 Å². The first-order chi connectivity index (χ1) is 7.70. The molecule has 0 N–H and O–H groups in total. The first-order valence-corrected chi connectivity index (χ1v) is 4.78. The summed E-state index contributed by atoms with van der Waals surface area (Å²) < 4.78 is 61.3. The zero-order valence-electron chi connectivity index (χ0n) is 8.81. The van der Waals surface area contributed by atoms with Crippen LogP contribution in [0.2, 0.25) is 0 Å². The average Bonchev–Trinajstić information content (AvgIpc) is 2.26. The van der Waals surface area contributed by atoms with Gasteiger partial charge in [0, 0.05) is 5.56 Å². The molecule has 1 nitrogen and oxygen atoms in total. The second-order valence-electron chi connectivity index (χ2n) is 3.45. The maximum absolute atomic E-state index is 12.7. The Hall–Kier alpha value is -1.46. The van der Waals surface area contributed by atoms with Gasteiger partial charge in [-0.2, -0.15) is 22.0 Å². The predicted molar refractivity (Wildman–Crippen MR) is 51.2 cm³/mol. The quantitative estimate of drug-likeness (QED) is 0.593. The van der Waals surface area contributed by atoms with Gasteiger partial charge in [0.2, 0.25) is 5.78 Å². The summed E-state index contributed by atoms with van der Waals surface area (Å²) in [5, 5.41) is 0. The normalized spacial score (nSPS) is 12.6. The van der Waals surface area contributed by atoms with Crippen molar-refractivity contribution in [2.45, 2.75) is 25.4 Å². The molecule has 0 bridgehead atoms. The van der Waals surface area contributed by atoms with Crippen molar-refractivity contribution in [1.82, 2.24) is 0 Å². The van der Waals surface area contributed by atoms with Crippen molar-refractivity contribution in [2.24, 2.45) is 0 Å². The van der Waals surface area contributed by atoms with Gasteiger partial charge in [-0.3, -0.25) is 4.79 Å². The number of alkyl halides is 5. The number of benzene rings is 1. The highest BCUT2D eigenvalue weighted by Gasteiger charge is 2.63. The molecule has 0 atom stereocenters. The molecule has 0 aliphatic heterocycles. The van der Waals surface area contributed by atoms with Crippen molar-refractivity contribution in [3.63, 3.8) is 0 Å². The van der Waals surface area contributed by atoms with E-state index in [9.17, 15) is 26.7 Å². The summed E-state index contributed by atoms with van der Waals surface area (Å²) in [5.74, 6) is -7.58. The van der Waals surface area contributed by atoms with Crippen LogP contribution in [0, 0.1) is 0 Å². The topological polar surface area (TPSA) is 17.1 Å². The van der Waals surface area contributed by atoms with E-state index in [0.717, 1.165) is 17.7 Å². The van der Waals surface area contributed by atoms with Crippen molar-refractivity contribution in [3.8, 4) is 0 Å². The Labute approximate surface area is 94.2 Å². The van der Waals surface area contributed by atoms with E-state index in [1.54, 1.807) is 6.92 Å². The van der Waals surface area contributed by atoms with Crippen molar-refractivity contribution in [1.29, 1.82) is 0 Å². The summed E-state index contributed by atoms with van der Waals surface area (Å²) in [6, 6.07) is 4.64. The van der Waals surface area contributed by atoms with E-state index in [-0.39, 0.29) is 0 Å². The fourth-order valence-corrected chi connectivity index (χ4v) is 1.20. The Bertz CT molecular complexity index is 405. The number of Topliss-reactive ketones (excluding diaryl/α,β-unsaturated/α-hetero) is 1. The molecule has 0 saturated heterocycles. The average molecular weight is 252 g/mol. The number of carbonyl (C=O) groups is 1. The summed E-state index contributed by atoms with van der Waals surface area (Å²) in [5.41, 5.74) is 0.0985. The van der Waals surface area contributed by atoms with Crippen LogP contribution in [-0.4, -0.2) is 17.9 Å². The Balaban J connectivity index is 3.04. The molecule has 0 aliphatic carbocycles. The number of carbonyl (C=O) groups excluding carboxylic acids is 1. The Kier molecular flexibility index (Phi) is 3.54. The molecule has 1 rings (SSSR count). The molecule has 0 amide bonds. The second kappa shape index (κ2) is 4.43. The summed E-state index contributed by atoms with van der Waals surface area (Å²) in [6.45, 7) is 1.79. The van der Waals surface area contributed by atoms with E-state index in [1.807, 2.05) is 0 Å². The van der Waals surface area contributed by atoms with E-state index in [0.29, 0.717) is 6.42 Å². The minimum absolute atomic E-state index is 0.601. The van der Waals surface area contributed by atoms with Crippen molar-refractivity contribution in [3.05, 3.63) is 35.4 Å². The van der Waals surface area contributed by atoms with Gasteiger partial charge >= 0.3 is 12.1 Å². The molecule has 0 aliphatic rings. The van der Waals surface area contributed by atoms with Crippen LogP contribution in [0.25, 0.3) is 0 Å². The number of hydrogen-bond acceptors (Lipinski definition) is 1. The molecule has 1 aromatic rings. The fourth-order valence-electron chi connectivity index (χ4n) is 1.20. The summed E-state index contributed by atoms with van der Waals surface area (Å²) in [7, 11) is 0. The van der Waals surface area contributed by atoms with Crippen LogP contribution in [0.1, 0.15) is 22.8 Å². The predicted octanol–water partition coefficient (Wildman–Crippen LogP) is 3.63. The van der Waals surface area contributed by atoms with Gasteiger partial charge in [-0.1, -0.05) is 31.2 Å². The number of aryl methyl sites for hydroxylation is 1. The molecule has 0 radical (unpaired) electrons. The minimum atomic E-state index is -5.87. The van der Waals surface area contributed by atoms with E-state index >= 15 is 0 Å². The SMILES string of the molecule is CCc1ccc(C(=O)C(F)(F)C(F)(F)F)cc1. The standard InChI is InChI=1S/C11H9F5O/c1-2-7-3-5-8(6-4-7)9(17)10(12,13)11(14,15)16/h3-6H,2H2,1H3. The van der Waals surface area contributed by atoms with Crippen LogP contribution in [0.15, 0.2) is 24.3 Å². The molecule has 0 fully saturated rings. The molecular weight excluding hydrogens is 243 g/mol. The summed E-state index contributed by atoms with van der Waals surface area (Å²) >= 11 is 0. The van der Waals surface area contributed by atoms with E-state index in [1.165, 1.54) is 12.1 Å². The lowest BCUT2D eigenvalue weighted by atomic mass is 10.0. The second-order valence-corrected chi connectivity index (χ2v) is 3.45. The van der Waals surface area contributed by atoms with Crippen molar-refractivity contribution < 1.29 is 26.7 Å².